The Morgan fingerprint density at radius 1 is 1.20 bits per heavy atom. The molecule has 1 aliphatic heterocycles. The summed E-state index contributed by atoms with van der Waals surface area (Å²) in [5, 5.41) is 2.03. The third-order valence-electron chi connectivity index (χ3n) is 2.95. The van der Waals surface area contributed by atoms with Crippen molar-refractivity contribution < 1.29 is 0 Å². The Morgan fingerprint density at radius 3 is 2.80 bits per heavy atom. The van der Waals surface area contributed by atoms with Crippen LogP contribution in [0.2, 0.25) is 5.02 Å². The van der Waals surface area contributed by atoms with Crippen molar-refractivity contribution in [1.82, 2.24) is 4.72 Å². The van der Waals surface area contributed by atoms with Crippen LogP contribution in [0.3, 0.4) is 0 Å². The number of benzene rings is 2. The molecular formula is C15H13ClN2S2. The van der Waals surface area contributed by atoms with E-state index in [0.29, 0.717) is 5.25 Å². The topological polar surface area (TPSA) is 24.4 Å². The van der Waals surface area contributed by atoms with Crippen molar-refractivity contribution >= 4 is 46.2 Å². The summed E-state index contributed by atoms with van der Waals surface area (Å²) in [6.45, 7) is 2.19. The first-order valence-electron chi connectivity index (χ1n) is 6.25. The van der Waals surface area contributed by atoms with Gasteiger partial charge in [0.2, 0.25) is 0 Å². The fourth-order valence-electron chi connectivity index (χ4n) is 1.90. The maximum Gasteiger partial charge on any atom is 0.172 e. The van der Waals surface area contributed by atoms with Gasteiger partial charge in [-0.05, 0) is 42.6 Å². The van der Waals surface area contributed by atoms with Crippen LogP contribution in [0, 0.1) is 0 Å². The first-order chi connectivity index (χ1) is 9.72. The van der Waals surface area contributed by atoms with E-state index in [1.807, 2.05) is 24.3 Å². The molecule has 0 aliphatic carbocycles. The minimum Gasteiger partial charge on any atom is -0.305 e. The van der Waals surface area contributed by atoms with Crippen molar-refractivity contribution in [2.75, 3.05) is 0 Å². The fraction of sp³-hybridized carbons (Fsp3) is 0.133. The first kappa shape index (κ1) is 13.9. The highest BCUT2D eigenvalue weighted by Crippen LogP contribution is 2.38. The minimum absolute atomic E-state index is 0.358. The molecule has 0 bridgehead atoms. The number of rotatable bonds is 2. The van der Waals surface area contributed by atoms with Crippen molar-refractivity contribution in [2.45, 2.75) is 17.1 Å². The minimum atomic E-state index is 0.358. The standard InChI is InChI=1S/C15H13ClN2S2/c1-10(11-5-3-2-4-6-11)19-15-17-13-8-7-12(16)9-14(13)20-18-15/h2-10H,1H3,(H,17,18). The molecule has 3 rings (SSSR count). The Bertz CT molecular complexity index is 644. The maximum atomic E-state index is 5.98. The van der Waals surface area contributed by atoms with E-state index in [9.17, 15) is 0 Å². The molecule has 1 atom stereocenters. The smallest absolute Gasteiger partial charge is 0.172 e. The summed E-state index contributed by atoms with van der Waals surface area (Å²) < 4.78 is 3.27. The molecule has 0 radical (unpaired) electrons. The van der Waals surface area contributed by atoms with Crippen molar-refractivity contribution in [2.24, 2.45) is 4.99 Å². The summed E-state index contributed by atoms with van der Waals surface area (Å²) in [4.78, 5) is 5.71. The van der Waals surface area contributed by atoms with Crippen LogP contribution in [0.15, 0.2) is 58.4 Å². The van der Waals surface area contributed by atoms with Gasteiger partial charge in [0, 0.05) is 10.3 Å². The molecule has 2 aromatic carbocycles. The number of hydrogen-bond donors (Lipinski definition) is 1. The van der Waals surface area contributed by atoms with Gasteiger partial charge in [0.1, 0.15) is 0 Å². The zero-order chi connectivity index (χ0) is 13.9. The lowest BCUT2D eigenvalue weighted by atomic mass is 10.2. The number of hydrogen-bond acceptors (Lipinski definition) is 4. The molecule has 0 saturated carbocycles. The van der Waals surface area contributed by atoms with Gasteiger partial charge >= 0.3 is 0 Å². The second kappa shape index (κ2) is 6.12. The van der Waals surface area contributed by atoms with Crippen LogP contribution in [0.1, 0.15) is 17.7 Å². The fourth-order valence-corrected chi connectivity index (χ4v) is 3.88. The zero-order valence-corrected chi connectivity index (χ0v) is 13.2. The number of thioether (sulfide) groups is 1. The Hall–Kier alpha value is -1.10. The highest BCUT2D eigenvalue weighted by Gasteiger charge is 2.16. The van der Waals surface area contributed by atoms with Crippen molar-refractivity contribution in [3.8, 4) is 0 Å². The van der Waals surface area contributed by atoms with E-state index in [1.54, 1.807) is 23.7 Å². The predicted molar refractivity (Wildman–Crippen MR) is 90.0 cm³/mol. The Labute approximate surface area is 132 Å². The maximum absolute atomic E-state index is 5.98. The molecule has 0 saturated heterocycles. The molecule has 1 aliphatic rings. The largest absolute Gasteiger partial charge is 0.305 e. The molecule has 20 heavy (non-hydrogen) atoms. The molecule has 102 valence electrons. The zero-order valence-electron chi connectivity index (χ0n) is 10.8. The molecule has 2 nitrogen and oxygen atoms in total. The quantitative estimate of drug-likeness (QED) is 0.746. The predicted octanol–water partition coefficient (Wildman–Crippen LogP) is 5.43. The second-order valence-corrected chi connectivity index (χ2v) is 7.02. The van der Waals surface area contributed by atoms with Crippen LogP contribution in [-0.4, -0.2) is 5.17 Å². The number of nitrogens with zero attached hydrogens (tertiary/aromatic N) is 1. The van der Waals surface area contributed by atoms with E-state index in [0.717, 1.165) is 20.8 Å². The molecule has 5 heteroatoms. The number of aliphatic imine (C=N–C) groups is 1. The van der Waals surface area contributed by atoms with Crippen LogP contribution in [-0.2, 0) is 0 Å². The molecule has 0 aromatic heterocycles. The van der Waals surface area contributed by atoms with E-state index < -0.39 is 0 Å². The lowest BCUT2D eigenvalue weighted by Crippen LogP contribution is -2.15. The third kappa shape index (κ3) is 3.14. The van der Waals surface area contributed by atoms with Gasteiger partial charge in [0.25, 0.3) is 0 Å². The summed E-state index contributed by atoms with van der Waals surface area (Å²) >= 11 is 9.27. The summed E-state index contributed by atoms with van der Waals surface area (Å²) in [5.41, 5.74) is 2.27. The SMILES string of the molecule is CC(SC1=Nc2ccc(Cl)cc2SN1)c1ccccc1. The van der Waals surface area contributed by atoms with Crippen LogP contribution in [0.4, 0.5) is 5.69 Å². The lowest BCUT2D eigenvalue weighted by Gasteiger charge is -2.19. The van der Waals surface area contributed by atoms with Gasteiger partial charge in [-0.2, -0.15) is 0 Å². The lowest BCUT2D eigenvalue weighted by molar-refractivity contribution is 1.11. The molecule has 2 aromatic rings. The average Bonchev–Trinajstić information content (AvgIpc) is 2.48. The van der Waals surface area contributed by atoms with Gasteiger partial charge in [0.15, 0.2) is 5.17 Å². The number of halogens is 1. The van der Waals surface area contributed by atoms with Gasteiger partial charge in [-0.15, -0.1) is 0 Å². The second-order valence-electron chi connectivity index (χ2n) is 4.40. The van der Waals surface area contributed by atoms with Crippen molar-refractivity contribution in [1.29, 1.82) is 0 Å². The molecule has 1 unspecified atom stereocenters. The highest BCUT2D eigenvalue weighted by molar-refractivity contribution is 8.15. The van der Waals surface area contributed by atoms with Gasteiger partial charge in [-0.1, -0.05) is 53.7 Å². The summed E-state index contributed by atoms with van der Waals surface area (Å²) in [5.74, 6) is 0. The van der Waals surface area contributed by atoms with E-state index in [4.69, 9.17) is 11.6 Å². The Balaban J connectivity index is 1.77. The van der Waals surface area contributed by atoms with E-state index in [1.165, 1.54) is 5.56 Å². The molecule has 0 fully saturated rings. The molecule has 1 heterocycles. The van der Waals surface area contributed by atoms with Gasteiger partial charge < -0.3 is 4.72 Å². The van der Waals surface area contributed by atoms with Gasteiger partial charge in [0.05, 0.1) is 10.6 Å². The summed E-state index contributed by atoms with van der Waals surface area (Å²) in [7, 11) is 0. The normalized spacial score (nSPS) is 15.0. The molecule has 0 spiro atoms. The van der Waals surface area contributed by atoms with Crippen molar-refractivity contribution in [3.05, 3.63) is 59.1 Å². The van der Waals surface area contributed by atoms with Crippen LogP contribution < -0.4 is 4.72 Å². The van der Waals surface area contributed by atoms with E-state index >= 15 is 0 Å². The third-order valence-corrected chi connectivity index (χ3v) is 5.20. The number of fused-ring (bicyclic) bond motifs is 1. The van der Waals surface area contributed by atoms with E-state index in [-0.39, 0.29) is 0 Å². The Morgan fingerprint density at radius 2 is 2.00 bits per heavy atom. The number of amidine groups is 1. The number of nitrogens with one attached hydrogen (secondary N) is 1. The summed E-state index contributed by atoms with van der Waals surface area (Å²) in [6.07, 6.45) is 0. The van der Waals surface area contributed by atoms with Gasteiger partial charge in [-0.3, -0.25) is 0 Å². The molecule has 0 amide bonds. The van der Waals surface area contributed by atoms with Crippen LogP contribution in [0.25, 0.3) is 0 Å². The molecule has 1 N–H and O–H groups in total. The monoisotopic (exact) mass is 320 g/mol. The molecular weight excluding hydrogens is 308 g/mol. The van der Waals surface area contributed by atoms with Crippen LogP contribution in [0.5, 0.6) is 0 Å². The van der Waals surface area contributed by atoms with E-state index in [2.05, 4.69) is 40.9 Å². The Kier molecular flexibility index (Phi) is 4.24. The first-order valence-corrected chi connectivity index (χ1v) is 8.32. The van der Waals surface area contributed by atoms with Crippen LogP contribution >= 0.6 is 35.3 Å². The van der Waals surface area contributed by atoms with Crippen molar-refractivity contribution in [3.63, 3.8) is 0 Å². The van der Waals surface area contributed by atoms with Gasteiger partial charge in [-0.25, -0.2) is 4.99 Å². The average molecular weight is 321 g/mol. The highest BCUT2D eigenvalue weighted by atomic mass is 35.5. The summed E-state index contributed by atoms with van der Waals surface area (Å²) in [6, 6.07) is 16.2.